The van der Waals surface area contributed by atoms with Crippen molar-refractivity contribution in [3.05, 3.63) is 10.4 Å². The van der Waals surface area contributed by atoms with Gasteiger partial charge in [-0.05, 0) is 25.3 Å². The van der Waals surface area contributed by atoms with Crippen LogP contribution in [0.4, 0.5) is 0 Å². The van der Waals surface area contributed by atoms with Gasteiger partial charge in [-0.1, -0.05) is 18.0 Å². The third-order valence-corrected chi connectivity index (χ3v) is 8.23. The predicted octanol–water partition coefficient (Wildman–Crippen LogP) is -1.28. The zero-order chi connectivity index (χ0) is 39.0. The molecule has 2 saturated heterocycles. The van der Waals surface area contributed by atoms with Crippen molar-refractivity contribution >= 4 is 11.9 Å². The molecule has 11 atom stereocenters. The van der Waals surface area contributed by atoms with Gasteiger partial charge in [-0.25, -0.2) is 0 Å². The molecular weight excluding hydrogens is 714 g/mol. The second-order valence-electron chi connectivity index (χ2n) is 11.9. The van der Waals surface area contributed by atoms with Crippen molar-refractivity contribution in [2.45, 2.75) is 106 Å². The maximum atomic E-state index is 12.3. The highest BCUT2D eigenvalue weighted by Crippen LogP contribution is 2.32. The van der Waals surface area contributed by atoms with Crippen molar-refractivity contribution in [1.82, 2.24) is 0 Å². The average molecular weight is 772 g/mol. The molecule has 21 nitrogen and oxygen atoms in total. The van der Waals surface area contributed by atoms with E-state index in [9.17, 15) is 35.1 Å². The third kappa shape index (κ3) is 15.8. The Morgan fingerprint density at radius 1 is 0.755 bits per heavy atom. The summed E-state index contributed by atoms with van der Waals surface area (Å²) >= 11 is 0. The van der Waals surface area contributed by atoms with Crippen molar-refractivity contribution in [2.75, 3.05) is 86.9 Å². The lowest BCUT2D eigenvalue weighted by molar-refractivity contribution is -0.365. The topological polar surface area (TPSA) is 286 Å². The van der Waals surface area contributed by atoms with Crippen LogP contribution in [0.5, 0.6) is 0 Å². The van der Waals surface area contributed by atoms with E-state index in [0.717, 1.165) is 0 Å². The molecule has 308 valence electrons. The number of aliphatic hydroxyl groups is 5. The number of ether oxygens (including phenoxy) is 11. The molecule has 0 aromatic heterocycles. The summed E-state index contributed by atoms with van der Waals surface area (Å²) in [7, 11) is 2.70. The number of esters is 2. The van der Waals surface area contributed by atoms with E-state index < -0.39 is 79.4 Å². The van der Waals surface area contributed by atoms with E-state index in [-0.39, 0.29) is 79.1 Å². The molecule has 0 amide bonds. The number of azide groups is 1. The molecule has 21 heteroatoms. The largest absolute Gasteiger partial charge is 0.466 e. The van der Waals surface area contributed by atoms with E-state index in [1.807, 2.05) is 0 Å². The molecule has 2 heterocycles. The fraction of sp³-hybridized carbons (Fsp3) is 0.938. The maximum absolute atomic E-state index is 12.3. The zero-order valence-electron chi connectivity index (χ0n) is 30.5. The molecule has 2 fully saturated rings. The van der Waals surface area contributed by atoms with Crippen molar-refractivity contribution in [1.29, 1.82) is 0 Å². The number of unbranched alkanes of at least 4 members (excludes halogenated alkanes) is 2. The highest BCUT2D eigenvalue weighted by Gasteiger charge is 2.52. The molecule has 0 radical (unpaired) electrons. The first-order chi connectivity index (χ1) is 25.7. The summed E-state index contributed by atoms with van der Waals surface area (Å²) in [6.07, 6.45) is -9.68. The van der Waals surface area contributed by atoms with Gasteiger partial charge in [0.2, 0.25) is 0 Å². The molecule has 2 rings (SSSR count). The molecule has 4 unspecified atom stereocenters. The van der Waals surface area contributed by atoms with Crippen molar-refractivity contribution in [3.8, 4) is 0 Å². The minimum absolute atomic E-state index is 0.00151. The minimum Gasteiger partial charge on any atom is -0.466 e. The first-order valence-corrected chi connectivity index (χ1v) is 17.7. The number of carbonyl (C=O) groups is 2. The van der Waals surface area contributed by atoms with Crippen LogP contribution >= 0.6 is 0 Å². The highest BCUT2D eigenvalue weighted by molar-refractivity contribution is 5.75. The molecule has 0 aliphatic carbocycles. The van der Waals surface area contributed by atoms with E-state index in [4.69, 9.17) is 57.6 Å². The number of rotatable bonds is 28. The van der Waals surface area contributed by atoms with Crippen molar-refractivity contribution in [2.24, 2.45) is 5.11 Å². The van der Waals surface area contributed by atoms with Gasteiger partial charge in [0.15, 0.2) is 12.6 Å². The van der Waals surface area contributed by atoms with Gasteiger partial charge in [0, 0.05) is 25.6 Å². The van der Waals surface area contributed by atoms with Crippen LogP contribution in [0, 0.1) is 0 Å². The van der Waals surface area contributed by atoms with Crippen LogP contribution in [0.1, 0.15) is 39.0 Å². The summed E-state index contributed by atoms with van der Waals surface area (Å²) in [4.78, 5) is 26.8. The SMILES string of the molecule is CCOC(=O)[C@H](CCCCCC(=O)OCCOCC1O[C@H](OC)C(O)[C@@H](OCCO)[C@@H]1O[C@H]1OC(COCCO)[C@@H](OC)[C@H](OCCO)C1O)N=[N+]=[N-]. The Morgan fingerprint density at radius 3 is 1.96 bits per heavy atom. The van der Waals surface area contributed by atoms with Crippen molar-refractivity contribution in [3.63, 3.8) is 0 Å². The lowest BCUT2D eigenvalue weighted by Crippen LogP contribution is -2.66. The summed E-state index contributed by atoms with van der Waals surface area (Å²) in [5, 5.41) is 53.9. The number of hydrogen-bond donors (Lipinski definition) is 5. The second-order valence-corrected chi connectivity index (χ2v) is 11.9. The fourth-order valence-electron chi connectivity index (χ4n) is 5.79. The molecule has 5 N–H and O–H groups in total. The molecule has 0 aromatic carbocycles. The van der Waals surface area contributed by atoms with Crippen LogP contribution < -0.4 is 0 Å². The Hall–Kier alpha value is -2.31. The van der Waals surface area contributed by atoms with Gasteiger partial charge in [-0.2, -0.15) is 0 Å². The zero-order valence-corrected chi connectivity index (χ0v) is 30.5. The predicted molar refractivity (Wildman–Crippen MR) is 178 cm³/mol. The van der Waals surface area contributed by atoms with E-state index >= 15 is 0 Å². The lowest BCUT2D eigenvalue weighted by Gasteiger charge is -2.48. The van der Waals surface area contributed by atoms with Gasteiger partial charge >= 0.3 is 11.9 Å². The van der Waals surface area contributed by atoms with Crippen LogP contribution in [-0.2, 0) is 61.7 Å². The molecule has 0 aromatic rings. The lowest BCUT2D eigenvalue weighted by atomic mass is 9.96. The molecule has 2 aliphatic rings. The monoisotopic (exact) mass is 771 g/mol. The van der Waals surface area contributed by atoms with Crippen LogP contribution in [0.25, 0.3) is 10.4 Å². The molecule has 2 aliphatic heterocycles. The smallest absolute Gasteiger partial charge is 0.314 e. The fourth-order valence-corrected chi connectivity index (χ4v) is 5.79. The van der Waals surface area contributed by atoms with Crippen LogP contribution in [-0.4, -0.2) is 192 Å². The van der Waals surface area contributed by atoms with Gasteiger partial charge in [0.25, 0.3) is 0 Å². The summed E-state index contributed by atoms with van der Waals surface area (Å²) in [5.41, 5.74) is 8.68. The normalized spacial score (nSPS) is 29.3. The summed E-state index contributed by atoms with van der Waals surface area (Å²) in [6.45, 7) is 0.111. The van der Waals surface area contributed by atoms with Gasteiger partial charge in [0.05, 0.1) is 66.1 Å². The number of nitrogens with zero attached hydrogens (tertiary/aromatic N) is 3. The molecule has 0 bridgehead atoms. The van der Waals surface area contributed by atoms with Gasteiger partial charge < -0.3 is 77.6 Å². The minimum atomic E-state index is -1.48. The Bertz CT molecular complexity index is 1060. The van der Waals surface area contributed by atoms with Crippen molar-refractivity contribution < 1.29 is 87.2 Å². The number of aliphatic hydroxyl groups excluding tert-OH is 5. The molecule has 0 saturated carbocycles. The Kier molecular flexibility index (Phi) is 24.1. The maximum Gasteiger partial charge on any atom is 0.314 e. The van der Waals surface area contributed by atoms with E-state index in [0.29, 0.717) is 25.7 Å². The second kappa shape index (κ2) is 27.3. The first kappa shape index (κ1) is 46.8. The Labute approximate surface area is 308 Å². The quantitative estimate of drug-likeness (QED) is 0.0204. The number of carbonyl (C=O) groups excluding carboxylic acids is 2. The van der Waals surface area contributed by atoms with Gasteiger partial charge in [-0.3, -0.25) is 9.59 Å². The van der Waals surface area contributed by atoms with Gasteiger partial charge in [-0.15, -0.1) is 0 Å². The number of hydrogen-bond acceptors (Lipinski definition) is 19. The average Bonchev–Trinajstić information content (AvgIpc) is 3.15. The van der Waals surface area contributed by atoms with Crippen LogP contribution in [0.3, 0.4) is 0 Å². The summed E-state index contributed by atoms with van der Waals surface area (Å²) < 4.78 is 61.9. The summed E-state index contributed by atoms with van der Waals surface area (Å²) in [5.74, 6) is -1.05. The van der Waals surface area contributed by atoms with Crippen LogP contribution in [0.2, 0.25) is 0 Å². The number of methoxy groups -OCH3 is 2. The van der Waals surface area contributed by atoms with Gasteiger partial charge in [0.1, 0.15) is 61.5 Å². The standard InChI is InChI=1S/C32H57N3O18/c1-4-47-30(42)20(34-35-33)8-6-5-7-9-23(39)48-17-16-46-19-22-27(29(50-15-12-38)24(40)31(44-3)51-22)53-32-25(41)28(49-14-11-37)26(43-2)21(52-32)18-45-13-10-36/h20-22,24-29,31-32,36-38,40-41H,4-19H2,1-3H3/t20-,21?,22?,24?,25?,26+,27+,28+,29+,31-,32+/m0/s1. The van der Waals surface area contributed by atoms with E-state index in [2.05, 4.69) is 10.0 Å². The first-order valence-electron chi connectivity index (χ1n) is 17.7. The Balaban J connectivity index is 2.03. The van der Waals surface area contributed by atoms with E-state index in [1.165, 1.54) is 14.2 Å². The molecule has 0 spiro atoms. The molecular formula is C32H57N3O18. The summed E-state index contributed by atoms with van der Waals surface area (Å²) in [6, 6.07) is -0.916. The highest BCUT2D eigenvalue weighted by atomic mass is 16.8. The van der Waals surface area contributed by atoms with Crippen LogP contribution in [0.15, 0.2) is 5.11 Å². The third-order valence-electron chi connectivity index (χ3n) is 8.23. The van der Waals surface area contributed by atoms with E-state index in [1.54, 1.807) is 6.92 Å². The molecule has 53 heavy (non-hydrogen) atoms. The Morgan fingerprint density at radius 2 is 1.36 bits per heavy atom.